The van der Waals surface area contributed by atoms with E-state index in [4.69, 9.17) is 0 Å². The number of thiazole rings is 1. The Bertz CT molecular complexity index is 838. The van der Waals surface area contributed by atoms with Crippen LogP contribution in [0.25, 0.3) is 10.2 Å². The number of hydrogen-bond donors (Lipinski definition) is 1. The Kier molecular flexibility index (Phi) is 4.86. The fourth-order valence-corrected chi connectivity index (χ4v) is 3.25. The number of nitrogens with zero attached hydrogens (tertiary/aromatic N) is 1. The molecule has 0 unspecified atom stereocenters. The number of para-hydroxylation sites is 1. The van der Waals surface area contributed by atoms with Gasteiger partial charge in [-0.25, -0.2) is 9.78 Å². The molecule has 0 spiro atoms. The van der Waals surface area contributed by atoms with Crippen LogP contribution in [0.3, 0.4) is 0 Å². The third kappa shape index (κ3) is 3.60. The van der Waals surface area contributed by atoms with E-state index < -0.39 is 5.97 Å². The lowest BCUT2D eigenvalue weighted by Crippen LogP contribution is -2.25. The number of nitrogens with one attached hydrogen (secondary N) is 1. The molecule has 0 saturated carbocycles. The maximum absolute atomic E-state index is 12.1. The third-order valence-electron chi connectivity index (χ3n) is 3.53. The van der Waals surface area contributed by atoms with Gasteiger partial charge in [0.2, 0.25) is 0 Å². The van der Waals surface area contributed by atoms with Crippen LogP contribution in [0.2, 0.25) is 0 Å². The van der Waals surface area contributed by atoms with Gasteiger partial charge in [0.1, 0.15) is 0 Å². The number of aromatic nitrogens is 1. The van der Waals surface area contributed by atoms with Crippen molar-refractivity contribution in [2.24, 2.45) is 0 Å². The topological polar surface area (TPSA) is 68.3 Å². The fraction of sp³-hybridized carbons (Fsp3) is 0.167. The van der Waals surface area contributed by atoms with Crippen LogP contribution in [-0.4, -0.2) is 30.5 Å². The number of ether oxygens (including phenoxy) is 1. The number of methoxy groups -OCH3 is 1. The first-order chi connectivity index (χ1) is 11.7. The number of amides is 1. The molecule has 0 aliphatic carbocycles. The minimum absolute atomic E-state index is 0.174. The number of hydrogen-bond acceptors (Lipinski definition) is 5. The van der Waals surface area contributed by atoms with Gasteiger partial charge in [-0.05, 0) is 36.4 Å². The zero-order valence-electron chi connectivity index (χ0n) is 13.1. The molecule has 0 aliphatic heterocycles. The average Bonchev–Trinajstić information content (AvgIpc) is 3.03. The van der Waals surface area contributed by atoms with Gasteiger partial charge in [0.15, 0.2) is 0 Å². The van der Waals surface area contributed by atoms with Crippen molar-refractivity contribution in [3.8, 4) is 0 Å². The summed E-state index contributed by atoms with van der Waals surface area (Å²) in [5.74, 6) is -0.592. The quantitative estimate of drug-likeness (QED) is 0.725. The standard InChI is InChI=1S/C18H16N2O3S/c1-23-18(22)13-8-6-12(7-9-13)17(21)19-11-10-16-20-14-4-2-3-5-15(14)24-16/h2-9H,10-11H2,1H3,(H,19,21). The highest BCUT2D eigenvalue weighted by Gasteiger charge is 2.09. The zero-order chi connectivity index (χ0) is 16.9. The lowest BCUT2D eigenvalue weighted by atomic mass is 10.1. The molecule has 0 bridgehead atoms. The van der Waals surface area contributed by atoms with Gasteiger partial charge >= 0.3 is 5.97 Å². The predicted octanol–water partition coefficient (Wildman–Crippen LogP) is 3.06. The van der Waals surface area contributed by atoms with Crippen LogP contribution < -0.4 is 5.32 Å². The van der Waals surface area contributed by atoms with Crippen molar-refractivity contribution in [1.29, 1.82) is 0 Å². The summed E-state index contributed by atoms with van der Waals surface area (Å²) in [7, 11) is 1.32. The van der Waals surface area contributed by atoms with Crippen LogP contribution in [0, 0.1) is 0 Å². The summed E-state index contributed by atoms with van der Waals surface area (Å²) in [5, 5.41) is 3.86. The van der Waals surface area contributed by atoms with Gasteiger partial charge in [-0.15, -0.1) is 11.3 Å². The number of carbonyl (C=O) groups excluding carboxylic acids is 2. The minimum Gasteiger partial charge on any atom is -0.465 e. The summed E-state index contributed by atoms with van der Waals surface area (Å²) in [5.41, 5.74) is 1.91. The van der Waals surface area contributed by atoms with E-state index in [1.165, 1.54) is 7.11 Å². The molecule has 122 valence electrons. The van der Waals surface area contributed by atoms with Gasteiger partial charge in [-0.1, -0.05) is 12.1 Å². The van der Waals surface area contributed by atoms with Crippen LogP contribution in [-0.2, 0) is 11.2 Å². The van der Waals surface area contributed by atoms with E-state index in [0.29, 0.717) is 24.1 Å². The van der Waals surface area contributed by atoms with Crippen molar-refractivity contribution in [1.82, 2.24) is 10.3 Å². The predicted molar refractivity (Wildman–Crippen MR) is 93.4 cm³/mol. The van der Waals surface area contributed by atoms with E-state index in [-0.39, 0.29) is 5.91 Å². The Balaban J connectivity index is 1.56. The maximum Gasteiger partial charge on any atom is 0.337 e. The molecule has 24 heavy (non-hydrogen) atoms. The molecule has 6 heteroatoms. The van der Waals surface area contributed by atoms with Gasteiger partial charge in [-0.2, -0.15) is 0 Å². The van der Waals surface area contributed by atoms with Crippen molar-refractivity contribution in [3.63, 3.8) is 0 Å². The first-order valence-electron chi connectivity index (χ1n) is 7.48. The zero-order valence-corrected chi connectivity index (χ0v) is 13.9. The summed E-state index contributed by atoms with van der Waals surface area (Å²) in [4.78, 5) is 28.0. The first-order valence-corrected chi connectivity index (χ1v) is 8.30. The van der Waals surface area contributed by atoms with E-state index in [1.807, 2.05) is 24.3 Å². The maximum atomic E-state index is 12.1. The van der Waals surface area contributed by atoms with Crippen molar-refractivity contribution in [2.75, 3.05) is 13.7 Å². The number of rotatable bonds is 5. The molecule has 0 fully saturated rings. The molecule has 0 saturated heterocycles. The average molecular weight is 340 g/mol. The van der Waals surface area contributed by atoms with Crippen LogP contribution in [0.15, 0.2) is 48.5 Å². The molecule has 0 radical (unpaired) electrons. The highest BCUT2D eigenvalue weighted by molar-refractivity contribution is 7.18. The number of benzene rings is 2. The smallest absolute Gasteiger partial charge is 0.337 e. The van der Waals surface area contributed by atoms with Crippen molar-refractivity contribution < 1.29 is 14.3 Å². The Labute approximate surface area is 143 Å². The summed E-state index contributed by atoms with van der Waals surface area (Å²) in [6, 6.07) is 14.4. The molecule has 0 aliphatic rings. The summed E-state index contributed by atoms with van der Waals surface area (Å²) in [6.07, 6.45) is 0.686. The summed E-state index contributed by atoms with van der Waals surface area (Å²) < 4.78 is 5.78. The molecule has 3 aromatic rings. The Morgan fingerprint density at radius 1 is 1.08 bits per heavy atom. The number of esters is 1. The molecule has 3 rings (SSSR count). The van der Waals surface area contributed by atoms with Gasteiger partial charge in [0.25, 0.3) is 5.91 Å². The van der Waals surface area contributed by atoms with Crippen LogP contribution in [0.4, 0.5) is 0 Å². The second-order valence-corrected chi connectivity index (χ2v) is 6.27. The van der Waals surface area contributed by atoms with E-state index >= 15 is 0 Å². The fourth-order valence-electron chi connectivity index (χ4n) is 2.29. The van der Waals surface area contributed by atoms with E-state index in [9.17, 15) is 9.59 Å². The normalized spacial score (nSPS) is 10.5. The van der Waals surface area contributed by atoms with Crippen LogP contribution in [0.1, 0.15) is 25.7 Å². The highest BCUT2D eigenvalue weighted by atomic mass is 32.1. The molecule has 5 nitrogen and oxygen atoms in total. The highest BCUT2D eigenvalue weighted by Crippen LogP contribution is 2.21. The monoisotopic (exact) mass is 340 g/mol. The second kappa shape index (κ2) is 7.23. The molecule has 2 aromatic carbocycles. The van der Waals surface area contributed by atoms with Gasteiger partial charge < -0.3 is 10.1 Å². The summed E-state index contributed by atoms with van der Waals surface area (Å²) in [6.45, 7) is 0.511. The summed E-state index contributed by atoms with van der Waals surface area (Å²) >= 11 is 1.64. The molecular formula is C18H16N2O3S. The molecule has 1 heterocycles. The largest absolute Gasteiger partial charge is 0.465 e. The first kappa shape index (κ1) is 16.1. The minimum atomic E-state index is -0.419. The van der Waals surface area contributed by atoms with Crippen LogP contribution >= 0.6 is 11.3 Å². The lowest BCUT2D eigenvalue weighted by Gasteiger charge is -2.05. The van der Waals surface area contributed by atoms with Gasteiger partial charge in [-0.3, -0.25) is 4.79 Å². The van der Waals surface area contributed by atoms with E-state index in [0.717, 1.165) is 15.2 Å². The van der Waals surface area contributed by atoms with Gasteiger partial charge in [0.05, 0.1) is 27.9 Å². The molecule has 0 atom stereocenters. The second-order valence-electron chi connectivity index (χ2n) is 5.15. The molecule has 1 N–H and O–H groups in total. The Morgan fingerprint density at radius 2 is 1.79 bits per heavy atom. The van der Waals surface area contributed by atoms with Gasteiger partial charge in [0, 0.05) is 18.5 Å². The Hall–Kier alpha value is -2.73. The van der Waals surface area contributed by atoms with Crippen molar-refractivity contribution in [2.45, 2.75) is 6.42 Å². The van der Waals surface area contributed by atoms with Crippen molar-refractivity contribution in [3.05, 3.63) is 64.7 Å². The molecule has 1 aromatic heterocycles. The van der Waals surface area contributed by atoms with Crippen LogP contribution in [0.5, 0.6) is 0 Å². The third-order valence-corrected chi connectivity index (χ3v) is 4.63. The molecular weight excluding hydrogens is 324 g/mol. The molecule has 1 amide bonds. The van der Waals surface area contributed by atoms with Crippen molar-refractivity contribution >= 4 is 33.4 Å². The lowest BCUT2D eigenvalue weighted by molar-refractivity contribution is 0.0600. The SMILES string of the molecule is COC(=O)c1ccc(C(=O)NCCc2nc3ccccc3s2)cc1. The van der Waals surface area contributed by atoms with E-state index in [2.05, 4.69) is 15.0 Å². The number of fused-ring (bicyclic) bond motifs is 1. The Morgan fingerprint density at radius 3 is 2.50 bits per heavy atom. The van der Waals surface area contributed by atoms with E-state index in [1.54, 1.807) is 35.6 Å². The number of carbonyl (C=O) groups is 2.